The highest BCUT2D eigenvalue weighted by Gasteiger charge is 2.49. The topological polar surface area (TPSA) is 191 Å². The Morgan fingerprint density at radius 1 is 0.688 bits per heavy atom. The number of aryl methyl sites for hydroxylation is 1. The van der Waals surface area contributed by atoms with E-state index in [-0.39, 0.29) is 31.4 Å². The minimum Gasteiger partial charge on any atom is -0.393 e. The summed E-state index contributed by atoms with van der Waals surface area (Å²) in [5, 5.41) is 16.7. The third kappa shape index (κ3) is 19.7. The average Bonchev–Trinajstić information content (AvgIpc) is 4.03. The predicted molar refractivity (Wildman–Crippen MR) is 245 cm³/mol. The number of hydrogen-bond donors (Lipinski definition) is 4. The molecule has 0 spiro atoms. The van der Waals surface area contributed by atoms with E-state index in [0.29, 0.717) is 103 Å². The van der Waals surface area contributed by atoms with Crippen LogP contribution in [0, 0.1) is 11.8 Å². The standard InChI is InChI=1S/C48H74N6O10/c1-35(2)17-19-39(44(48(5)34-63-48)53-64-30-29-62-28-27-61-26-25-59-6)50-47(58)42(32-38-15-11-8-12-16-38)52-46(57)41(31-36(3)4)51-45(56)40(20-18-37-13-9-7-10-14-37)49-43(55)33-54-21-23-60-24-22-54/h7-16,35-36,39-42H,17-34H2,1-6H3,(H,49,55)(H,50,58)(H,51,56)(H,52,57)/b53-44-/t39-,40-,41?,42-,48+/m0/s1. The number of nitrogens with zero attached hydrogens (tertiary/aromatic N) is 2. The van der Waals surface area contributed by atoms with Crippen molar-refractivity contribution in [1.82, 2.24) is 26.2 Å². The highest BCUT2D eigenvalue weighted by Crippen LogP contribution is 2.31. The SMILES string of the molecule is COCCOCCOCCO/N=C(/[C@H](CCC(C)C)NC(=O)[C@H](Cc1ccccc1)NC(=O)C(CC(C)C)NC(=O)[C@H](CCc1ccccc1)NC(=O)CN1CCOCC1)[C@@]1(C)CO1. The van der Waals surface area contributed by atoms with Crippen molar-refractivity contribution >= 4 is 29.3 Å². The zero-order valence-electron chi connectivity index (χ0n) is 38.9. The molecule has 64 heavy (non-hydrogen) atoms. The Bertz CT molecular complexity index is 1710. The van der Waals surface area contributed by atoms with Gasteiger partial charge in [0.1, 0.15) is 36.0 Å². The molecule has 0 aliphatic carbocycles. The van der Waals surface area contributed by atoms with Crippen LogP contribution in [-0.2, 0) is 60.5 Å². The lowest BCUT2D eigenvalue weighted by atomic mass is 9.92. The first kappa shape index (κ1) is 52.2. The molecular formula is C48H74N6O10. The van der Waals surface area contributed by atoms with Crippen LogP contribution < -0.4 is 21.3 Å². The molecule has 0 radical (unpaired) electrons. The molecule has 2 saturated heterocycles. The number of oxime groups is 1. The van der Waals surface area contributed by atoms with E-state index in [1.165, 1.54) is 0 Å². The van der Waals surface area contributed by atoms with Crippen LogP contribution in [0.5, 0.6) is 0 Å². The van der Waals surface area contributed by atoms with Crippen LogP contribution in [0.25, 0.3) is 0 Å². The Morgan fingerprint density at radius 2 is 1.25 bits per heavy atom. The number of rotatable bonds is 31. The molecule has 0 saturated carbocycles. The maximum absolute atomic E-state index is 14.6. The summed E-state index contributed by atoms with van der Waals surface area (Å²) in [6.45, 7) is 15.3. The second-order valence-electron chi connectivity index (χ2n) is 17.6. The number of carbonyl (C=O) groups excluding carboxylic acids is 4. The van der Waals surface area contributed by atoms with Gasteiger partial charge in [0.05, 0.1) is 65.4 Å². The van der Waals surface area contributed by atoms with Gasteiger partial charge < -0.3 is 49.8 Å². The number of amides is 4. The van der Waals surface area contributed by atoms with Gasteiger partial charge in [0.25, 0.3) is 0 Å². The van der Waals surface area contributed by atoms with Crippen LogP contribution in [-0.4, -0.2) is 150 Å². The van der Waals surface area contributed by atoms with Gasteiger partial charge in [-0.25, -0.2) is 0 Å². The Labute approximate surface area is 380 Å². The summed E-state index contributed by atoms with van der Waals surface area (Å²) in [5.41, 5.74) is 1.68. The molecule has 2 heterocycles. The Balaban J connectivity index is 1.51. The fourth-order valence-electron chi connectivity index (χ4n) is 7.24. The van der Waals surface area contributed by atoms with Gasteiger partial charge >= 0.3 is 0 Å². The van der Waals surface area contributed by atoms with Gasteiger partial charge in [-0.05, 0) is 62.0 Å². The first-order chi connectivity index (χ1) is 30.9. The van der Waals surface area contributed by atoms with E-state index in [0.717, 1.165) is 17.5 Å². The molecule has 1 unspecified atom stereocenters. The zero-order valence-corrected chi connectivity index (χ0v) is 38.9. The van der Waals surface area contributed by atoms with Crippen LogP contribution in [0.2, 0.25) is 0 Å². The minimum absolute atomic E-state index is 0.00855. The van der Waals surface area contributed by atoms with E-state index in [1.54, 1.807) is 7.11 Å². The van der Waals surface area contributed by atoms with Crippen molar-refractivity contribution in [2.24, 2.45) is 17.0 Å². The van der Waals surface area contributed by atoms with Gasteiger partial charge in [0.15, 0.2) is 0 Å². The van der Waals surface area contributed by atoms with E-state index in [2.05, 4.69) is 40.3 Å². The van der Waals surface area contributed by atoms with Crippen molar-refractivity contribution < 1.29 is 47.7 Å². The molecule has 2 aromatic carbocycles. The van der Waals surface area contributed by atoms with E-state index in [9.17, 15) is 19.2 Å². The molecule has 5 atom stereocenters. The molecule has 2 aromatic rings. The molecule has 356 valence electrons. The highest BCUT2D eigenvalue weighted by atomic mass is 16.6. The number of carbonyl (C=O) groups is 4. The van der Waals surface area contributed by atoms with Crippen LogP contribution in [0.4, 0.5) is 0 Å². The Morgan fingerprint density at radius 3 is 1.86 bits per heavy atom. The lowest BCUT2D eigenvalue weighted by Crippen LogP contribution is -2.59. The first-order valence-corrected chi connectivity index (χ1v) is 22.9. The number of methoxy groups -OCH3 is 1. The summed E-state index contributed by atoms with van der Waals surface area (Å²) in [6, 6.07) is 15.7. The van der Waals surface area contributed by atoms with Gasteiger partial charge in [-0.2, -0.15) is 0 Å². The Hall–Kier alpha value is -4.45. The number of nitrogens with one attached hydrogen (secondary N) is 4. The van der Waals surface area contributed by atoms with Gasteiger partial charge in [-0.15, -0.1) is 0 Å². The predicted octanol–water partition coefficient (Wildman–Crippen LogP) is 3.46. The summed E-state index contributed by atoms with van der Waals surface area (Å²) in [4.78, 5) is 64.2. The second kappa shape index (κ2) is 28.5. The number of morpholine rings is 1. The minimum atomic E-state index is -1.01. The number of ether oxygens (including phenoxy) is 5. The fourth-order valence-corrected chi connectivity index (χ4v) is 7.24. The number of hydrogen-bond acceptors (Lipinski definition) is 12. The van der Waals surface area contributed by atoms with E-state index in [1.807, 2.05) is 86.3 Å². The fraction of sp³-hybridized carbons (Fsp3) is 0.646. The smallest absolute Gasteiger partial charge is 0.243 e. The van der Waals surface area contributed by atoms with Gasteiger partial charge in [-0.3, -0.25) is 24.1 Å². The lowest BCUT2D eigenvalue weighted by Gasteiger charge is -2.29. The van der Waals surface area contributed by atoms with Crippen molar-refractivity contribution in [1.29, 1.82) is 0 Å². The maximum atomic E-state index is 14.6. The monoisotopic (exact) mass is 895 g/mol. The molecule has 4 rings (SSSR count). The molecule has 0 bridgehead atoms. The van der Waals surface area contributed by atoms with E-state index < -0.39 is 47.5 Å². The largest absolute Gasteiger partial charge is 0.393 e. The molecule has 16 nitrogen and oxygen atoms in total. The van der Waals surface area contributed by atoms with Crippen molar-refractivity contribution in [3.63, 3.8) is 0 Å². The molecule has 16 heteroatoms. The summed E-state index contributed by atoms with van der Waals surface area (Å²) >= 11 is 0. The van der Waals surface area contributed by atoms with E-state index >= 15 is 0 Å². The molecule has 2 aliphatic heterocycles. The molecular weight excluding hydrogens is 821 g/mol. The summed E-state index contributed by atoms with van der Waals surface area (Å²) in [7, 11) is 1.62. The molecule has 0 aromatic heterocycles. The lowest BCUT2D eigenvalue weighted by molar-refractivity contribution is -0.134. The molecule has 2 aliphatic rings. The van der Waals surface area contributed by atoms with Crippen LogP contribution >= 0.6 is 0 Å². The summed E-state index contributed by atoms with van der Waals surface area (Å²) in [5.74, 6) is -1.32. The van der Waals surface area contributed by atoms with Crippen molar-refractivity contribution in [2.75, 3.05) is 86.2 Å². The quantitative estimate of drug-likeness (QED) is 0.0376. The van der Waals surface area contributed by atoms with Crippen LogP contribution in [0.15, 0.2) is 65.8 Å². The normalized spacial score (nSPS) is 18.5. The number of epoxide rings is 1. The van der Waals surface area contributed by atoms with Crippen molar-refractivity contribution in [3.8, 4) is 0 Å². The summed E-state index contributed by atoms with van der Waals surface area (Å²) < 4.78 is 27.4. The molecule has 2 fully saturated rings. The van der Waals surface area contributed by atoms with E-state index in [4.69, 9.17) is 28.5 Å². The van der Waals surface area contributed by atoms with Crippen molar-refractivity contribution in [3.05, 3.63) is 71.8 Å². The molecule has 4 amide bonds. The van der Waals surface area contributed by atoms with Gasteiger partial charge in [0.2, 0.25) is 23.6 Å². The zero-order chi connectivity index (χ0) is 46.2. The van der Waals surface area contributed by atoms with Crippen molar-refractivity contribution in [2.45, 2.75) is 103 Å². The average molecular weight is 895 g/mol. The summed E-state index contributed by atoms with van der Waals surface area (Å²) in [6.07, 6.45) is 2.69. The Kier molecular flexibility index (Phi) is 23.2. The van der Waals surface area contributed by atoms with Gasteiger partial charge in [0, 0.05) is 26.6 Å². The molecule has 4 N–H and O–H groups in total. The van der Waals surface area contributed by atoms with Crippen LogP contribution in [0.3, 0.4) is 0 Å². The van der Waals surface area contributed by atoms with Crippen LogP contribution in [0.1, 0.15) is 71.4 Å². The highest BCUT2D eigenvalue weighted by molar-refractivity contribution is 6.01. The second-order valence-corrected chi connectivity index (χ2v) is 17.6. The third-order valence-corrected chi connectivity index (χ3v) is 11.0. The maximum Gasteiger partial charge on any atom is 0.243 e. The van der Waals surface area contributed by atoms with Gasteiger partial charge in [-0.1, -0.05) is 93.5 Å². The third-order valence-electron chi connectivity index (χ3n) is 11.0. The first-order valence-electron chi connectivity index (χ1n) is 22.9. The number of benzene rings is 2.